The van der Waals surface area contributed by atoms with Crippen molar-refractivity contribution in [1.29, 1.82) is 0 Å². The van der Waals surface area contributed by atoms with E-state index in [1.165, 1.54) is 0 Å². The normalized spacial score (nSPS) is 12.7. The lowest BCUT2D eigenvalue weighted by molar-refractivity contribution is 0.119. The van der Waals surface area contributed by atoms with E-state index >= 15 is 0 Å². The molecule has 5 nitrogen and oxygen atoms in total. The van der Waals surface area contributed by atoms with Crippen LogP contribution in [0, 0.1) is 6.92 Å². The van der Waals surface area contributed by atoms with Crippen LogP contribution in [0.3, 0.4) is 0 Å². The molecule has 0 saturated heterocycles. The molecule has 1 aromatic carbocycles. The van der Waals surface area contributed by atoms with Gasteiger partial charge in [-0.05, 0) is 26.0 Å². The summed E-state index contributed by atoms with van der Waals surface area (Å²) in [5.41, 5.74) is 2.54. The molecule has 0 aliphatic carbocycles. The van der Waals surface area contributed by atoms with Crippen molar-refractivity contribution in [1.82, 2.24) is 15.0 Å². The summed E-state index contributed by atoms with van der Waals surface area (Å²) in [7, 11) is 1.66. The molecule has 1 N–H and O–H groups in total. The van der Waals surface area contributed by atoms with E-state index in [1.807, 2.05) is 37.4 Å². The quantitative estimate of drug-likeness (QED) is 0.803. The van der Waals surface area contributed by atoms with Gasteiger partial charge in [0.15, 0.2) is 0 Å². The average Bonchev–Trinajstić information content (AvgIpc) is 2.96. The lowest BCUT2D eigenvalue weighted by atomic mass is 10.1. The zero-order valence-electron chi connectivity index (χ0n) is 12.7. The minimum atomic E-state index is -0.107. The van der Waals surface area contributed by atoms with Crippen molar-refractivity contribution >= 4 is 22.2 Å². The predicted octanol–water partition coefficient (Wildman–Crippen LogP) is 2.99. The molecule has 1 atom stereocenters. The van der Waals surface area contributed by atoms with E-state index in [0.717, 1.165) is 16.3 Å². The van der Waals surface area contributed by atoms with E-state index in [1.54, 1.807) is 18.4 Å². The molecular formula is C16H17N3O2S. The maximum absolute atomic E-state index is 12.2. The number of ether oxygens (including phenoxy) is 1. The van der Waals surface area contributed by atoms with Gasteiger partial charge in [-0.15, -0.1) is 11.3 Å². The van der Waals surface area contributed by atoms with Crippen LogP contribution in [-0.2, 0) is 11.2 Å². The number of rotatable bonds is 4. The molecule has 0 bridgehead atoms. The number of hydrogen-bond acceptors (Lipinski definition) is 5. The molecule has 0 amide bonds. The zero-order valence-corrected chi connectivity index (χ0v) is 13.5. The monoisotopic (exact) mass is 315 g/mol. The van der Waals surface area contributed by atoms with Crippen LogP contribution in [-0.4, -0.2) is 22.1 Å². The number of methoxy groups -OCH3 is 1. The lowest BCUT2D eigenvalue weighted by Crippen LogP contribution is -2.12. The van der Waals surface area contributed by atoms with Crippen LogP contribution in [0.4, 0.5) is 0 Å². The van der Waals surface area contributed by atoms with Crippen molar-refractivity contribution in [2.75, 3.05) is 7.11 Å². The first-order chi connectivity index (χ1) is 10.6. The lowest BCUT2D eigenvalue weighted by Gasteiger charge is -2.04. The van der Waals surface area contributed by atoms with Crippen LogP contribution >= 0.6 is 11.3 Å². The molecule has 0 radical (unpaired) electrons. The number of nitrogens with zero attached hydrogens (tertiary/aromatic N) is 2. The zero-order chi connectivity index (χ0) is 15.7. The second-order valence-electron chi connectivity index (χ2n) is 5.27. The highest BCUT2D eigenvalue weighted by molar-refractivity contribution is 7.09. The fourth-order valence-electron chi connectivity index (χ4n) is 2.25. The van der Waals surface area contributed by atoms with Crippen molar-refractivity contribution in [2.24, 2.45) is 0 Å². The van der Waals surface area contributed by atoms with Gasteiger partial charge in [0, 0.05) is 18.9 Å². The third kappa shape index (κ3) is 2.93. The number of fused-ring (bicyclic) bond motifs is 1. The molecular weight excluding hydrogens is 298 g/mol. The molecule has 0 unspecified atom stereocenters. The Morgan fingerprint density at radius 1 is 1.36 bits per heavy atom. The summed E-state index contributed by atoms with van der Waals surface area (Å²) in [5.74, 6) is 0.628. The van der Waals surface area contributed by atoms with Crippen molar-refractivity contribution < 1.29 is 4.74 Å². The molecule has 6 heteroatoms. The second-order valence-corrected chi connectivity index (χ2v) is 6.15. The topological polar surface area (TPSA) is 67.9 Å². The summed E-state index contributed by atoms with van der Waals surface area (Å²) in [6, 6.07) is 5.69. The highest BCUT2D eigenvalue weighted by atomic mass is 32.1. The Labute approximate surface area is 132 Å². The molecule has 0 spiro atoms. The van der Waals surface area contributed by atoms with Crippen LogP contribution < -0.4 is 5.56 Å². The first-order valence-corrected chi connectivity index (χ1v) is 7.91. The van der Waals surface area contributed by atoms with E-state index in [2.05, 4.69) is 15.0 Å². The number of nitrogens with one attached hydrogen (secondary N) is 1. The Kier molecular flexibility index (Phi) is 4.04. The number of thiazole rings is 1. The highest BCUT2D eigenvalue weighted by Crippen LogP contribution is 2.21. The maximum Gasteiger partial charge on any atom is 0.258 e. The first kappa shape index (κ1) is 14.9. The van der Waals surface area contributed by atoms with Gasteiger partial charge in [-0.3, -0.25) is 4.79 Å². The second kappa shape index (κ2) is 5.98. The Morgan fingerprint density at radius 2 is 2.18 bits per heavy atom. The average molecular weight is 315 g/mol. The molecule has 22 heavy (non-hydrogen) atoms. The predicted molar refractivity (Wildman–Crippen MR) is 87.4 cm³/mol. The van der Waals surface area contributed by atoms with Crippen LogP contribution in [0.2, 0.25) is 0 Å². The number of aryl methyl sites for hydroxylation is 1. The molecule has 3 aromatic rings. The SMILES string of the molecule is CO[C@@H](C)c1nc(Cc2nc3ccc(C)cc3c(=O)[nH]2)cs1. The first-order valence-electron chi connectivity index (χ1n) is 7.03. The Balaban J connectivity index is 1.92. The van der Waals surface area contributed by atoms with Crippen molar-refractivity contribution in [3.8, 4) is 0 Å². The molecule has 0 saturated carbocycles. The Bertz CT molecular complexity index is 869. The van der Waals surface area contributed by atoms with Gasteiger partial charge in [0.1, 0.15) is 16.9 Å². The molecule has 0 aliphatic heterocycles. The van der Waals surface area contributed by atoms with Gasteiger partial charge < -0.3 is 9.72 Å². The molecule has 3 rings (SSSR count). The number of aromatic amines is 1. The number of H-pyrrole nitrogens is 1. The van der Waals surface area contributed by atoms with E-state index in [-0.39, 0.29) is 11.7 Å². The Morgan fingerprint density at radius 3 is 2.95 bits per heavy atom. The van der Waals surface area contributed by atoms with E-state index in [4.69, 9.17) is 4.74 Å². The number of aromatic nitrogens is 3. The van der Waals surface area contributed by atoms with Gasteiger partial charge in [-0.25, -0.2) is 9.97 Å². The van der Waals surface area contributed by atoms with Crippen LogP contribution in [0.25, 0.3) is 10.9 Å². The van der Waals surface area contributed by atoms with Gasteiger partial charge in [0.25, 0.3) is 5.56 Å². The molecule has 0 fully saturated rings. The number of benzene rings is 1. The summed E-state index contributed by atoms with van der Waals surface area (Å²) >= 11 is 1.56. The molecule has 2 heterocycles. The van der Waals surface area contributed by atoms with E-state index in [9.17, 15) is 4.79 Å². The summed E-state index contributed by atoms with van der Waals surface area (Å²) in [4.78, 5) is 24.1. The van der Waals surface area contributed by atoms with Crippen molar-refractivity contribution in [3.05, 3.63) is 56.0 Å². The van der Waals surface area contributed by atoms with Crippen LogP contribution in [0.15, 0.2) is 28.4 Å². The Hall–Kier alpha value is -2.05. The smallest absolute Gasteiger partial charge is 0.258 e. The third-order valence-corrected chi connectivity index (χ3v) is 4.58. The standard InChI is InChI=1S/C16H17N3O2S/c1-9-4-5-13-12(6-9)15(20)19-14(18-13)7-11-8-22-16(17-11)10(2)21-3/h4-6,8,10H,7H2,1-3H3,(H,18,19,20)/t10-/m0/s1. The summed E-state index contributed by atoms with van der Waals surface area (Å²) in [5, 5.41) is 3.52. The molecule has 2 aromatic heterocycles. The largest absolute Gasteiger partial charge is 0.375 e. The van der Waals surface area contributed by atoms with E-state index < -0.39 is 0 Å². The minimum absolute atomic E-state index is 0.0228. The van der Waals surface area contributed by atoms with Gasteiger partial charge in [-0.2, -0.15) is 0 Å². The highest BCUT2D eigenvalue weighted by Gasteiger charge is 2.11. The van der Waals surface area contributed by atoms with Gasteiger partial charge in [0.2, 0.25) is 0 Å². The molecule has 114 valence electrons. The van der Waals surface area contributed by atoms with Gasteiger partial charge in [0.05, 0.1) is 16.6 Å². The summed E-state index contributed by atoms with van der Waals surface area (Å²) < 4.78 is 5.26. The van der Waals surface area contributed by atoms with Crippen LogP contribution in [0.1, 0.15) is 35.1 Å². The third-order valence-electron chi connectivity index (χ3n) is 3.53. The van der Waals surface area contributed by atoms with Crippen molar-refractivity contribution in [2.45, 2.75) is 26.4 Å². The number of hydrogen-bond donors (Lipinski definition) is 1. The fourth-order valence-corrected chi connectivity index (χ4v) is 3.10. The fraction of sp³-hybridized carbons (Fsp3) is 0.312. The minimum Gasteiger partial charge on any atom is -0.375 e. The van der Waals surface area contributed by atoms with Crippen LogP contribution in [0.5, 0.6) is 0 Å². The summed E-state index contributed by atoms with van der Waals surface area (Å²) in [6.45, 7) is 3.92. The molecule has 0 aliphatic rings. The van der Waals surface area contributed by atoms with Crippen molar-refractivity contribution in [3.63, 3.8) is 0 Å². The summed E-state index contributed by atoms with van der Waals surface area (Å²) in [6.07, 6.45) is 0.483. The maximum atomic E-state index is 12.2. The van der Waals surface area contributed by atoms with Gasteiger partial charge >= 0.3 is 0 Å². The van der Waals surface area contributed by atoms with Gasteiger partial charge in [-0.1, -0.05) is 11.6 Å². The van der Waals surface area contributed by atoms with E-state index in [0.29, 0.717) is 23.1 Å².